The molecule has 3 aromatic rings. The van der Waals surface area contributed by atoms with Crippen molar-refractivity contribution >= 4 is 23.1 Å². The first-order chi connectivity index (χ1) is 14.6. The maximum absolute atomic E-state index is 13.4. The summed E-state index contributed by atoms with van der Waals surface area (Å²) < 4.78 is 5.23. The van der Waals surface area contributed by atoms with E-state index in [2.05, 4.69) is 4.98 Å². The van der Waals surface area contributed by atoms with E-state index in [9.17, 15) is 9.59 Å². The molecule has 0 saturated carbocycles. The predicted molar refractivity (Wildman–Crippen MR) is 115 cm³/mol. The van der Waals surface area contributed by atoms with E-state index < -0.39 is 0 Å². The molecule has 2 heterocycles. The summed E-state index contributed by atoms with van der Waals surface area (Å²) in [6.45, 7) is 0.164. The fourth-order valence-electron chi connectivity index (χ4n) is 3.49. The van der Waals surface area contributed by atoms with Crippen LogP contribution in [0.25, 0.3) is 5.57 Å². The lowest BCUT2D eigenvalue weighted by Gasteiger charge is -2.21. The van der Waals surface area contributed by atoms with E-state index >= 15 is 0 Å². The van der Waals surface area contributed by atoms with Gasteiger partial charge in [-0.05, 0) is 41.5 Å². The van der Waals surface area contributed by atoms with Crippen LogP contribution in [0.4, 0.5) is 5.69 Å². The Morgan fingerprint density at radius 2 is 1.67 bits per heavy atom. The van der Waals surface area contributed by atoms with E-state index in [1.165, 1.54) is 4.90 Å². The number of methoxy groups -OCH3 is 1. The molecule has 0 aliphatic carbocycles. The van der Waals surface area contributed by atoms with Crippen molar-refractivity contribution in [1.82, 2.24) is 9.88 Å². The highest BCUT2D eigenvalue weighted by Gasteiger charge is 2.41. The average Bonchev–Trinajstić information content (AvgIpc) is 3.04. The standard InChI is InChI=1S/C24H21N3O3/c1-26(19-8-4-3-5-9-19)22-21(18-10-12-20(30-2)13-11-18)23(28)27(24(22)29)16-17-7-6-14-25-15-17/h3-15H,16H2,1-2H3. The Morgan fingerprint density at radius 3 is 2.30 bits per heavy atom. The number of nitrogens with zero attached hydrogens (tertiary/aromatic N) is 3. The van der Waals surface area contributed by atoms with E-state index in [1.807, 2.05) is 36.4 Å². The second-order valence-electron chi connectivity index (χ2n) is 6.90. The minimum absolute atomic E-state index is 0.164. The van der Waals surface area contributed by atoms with Crippen molar-refractivity contribution in [2.45, 2.75) is 6.54 Å². The first-order valence-corrected chi connectivity index (χ1v) is 9.52. The second-order valence-corrected chi connectivity index (χ2v) is 6.90. The van der Waals surface area contributed by atoms with Crippen LogP contribution in [-0.4, -0.2) is 35.9 Å². The Morgan fingerprint density at radius 1 is 0.933 bits per heavy atom. The summed E-state index contributed by atoms with van der Waals surface area (Å²) in [5, 5.41) is 0. The molecule has 0 bridgehead atoms. The van der Waals surface area contributed by atoms with Crippen LogP contribution in [0.3, 0.4) is 0 Å². The Kier molecular flexibility index (Phi) is 5.30. The minimum atomic E-state index is -0.332. The number of hydrogen-bond acceptors (Lipinski definition) is 5. The predicted octanol–water partition coefficient (Wildman–Crippen LogP) is 3.51. The van der Waals surface area contributed by atoms with Gasteiger partial charge in [-0.2, -0.15) is 0 Å². The molecule has 2 aromatic carbocycles. The van der Waals surface area contributed by atoms with Gasteiger partial charge in [-0.1, -0.05) is 36.4 Å². The number of hydrogen-bond donors (Lipinski definition) is 0. The number of anilines is 1. The van der Waals surface area contributed by atoms with E-state index in [4.69, 9.17) is 4.74 Å². The third-order valence-corrected chi connectivity index (χ3v) is 5.06. The van der Waals surface area contributed by atoms with Crippen LogP contribution in [0.2, 0.25) is 0 Å². The van der Waals surface area contributed by atoms with Crippen molar-refractivity contribution in [3.8, 4) is 5.75 Å². The Hall–Kier alpha value is -3.93. The van der Waals surface area contributed by atoms with Crippen molar-refractivity contribution < 1.29 is 14.3 Å². The van der Waals surface area contributed by atoms with Gasteiger partial charge in [0.1, 0.15) is 11.4 Å². The molecule has 1 aromatic heterocycles. The number of aromatic nitrogens is 1. The zero-order valence-electron chi connectivity index (χ0n) is 16.8. The summed E-state index contributed by atoms with van der Waals surface area (Å²) in [4.78, 5) is 33.9. The van der Waals surface area contributed by atoms with Gasteiger partial charge in [0.15, 0.2) is 0 Å². The minimum Gasteiger partial charge on any atom is -0.497 e. The number of imide groups is 1. The summed E-state index contributed by atoms with van der Waals surface area (Å²) in [6, 6.07) is 20.3. The molecule has 150 valence electrons. The van der Waals surface area contributed by atoms with Gasteiger partial charge >= 0.3 is 0 Å². The molecule has 4 rings (SSSR count). The fraction of sp³-hybridized carbons (Fsp3) is 0.125. The number of pyridine rings is 1. The number of amides is 2. The van der Waals surface area contributed by atoms with E-state index in [0.29, 0.717) is 22.6 Å². The van der Waals surface area contributed by atoms with Crippen LogP contribution >= 0.6 is 0 Å². The lowest BCUT2D eigenvalue weighted by molar-refractivity contribution is -0.137. The van der Waals surface area contributed by atoms with E-state index in [0.717, 1.165) is 11.3 Å². The van der Waals surface area contributed by atoms with Crippen LogP contribution in [0.15, 0.2) is 84.8 Å². The van der Waals surface area contributed by atoms with Gasteiger partial charge in [-0.15, -0.1) is 0 Å². The van der Waals surface area contributed by atoms with Crippen LogP contribution in [0, 0.1) is 0 Å². The van der Waals surface area contributed by atoms with Crippen molar-refractivity contribution in [2.75, 3.05) is 19.1 Å². The Bertz CT molecular complexity index is 1090. The molecule has 1 aliphatic rings. The molecule has 6 nitrogen and oxygen atoms in total. The second kappa shape index (κ2) is 8.21. The molecule has 0 spiro atoms. The van der Waals surface area contributed by atoms with Crippen LogP contribution < -0.4 is 9.64 Å². The third kappa shape index (κ3) is 3.55. The highest BCUT2D eigenvalue weighted by Crippen LogP contribution is 2.34. The molecule has 0 fully saturated rings. The molecule has 0 unspecified atom stereocenters. The highest BCUT2D eigenvalue weighted by molar-refractivity contribution is 6.36. The van der Waals surface area contributed by atoms with Crippen LogP contribution in [-0.2, 0) is 16.1 Å². The zero-order chi connectivity index (χ0) is 21.1. The van der Waals surface area contributed by atoms with Gasteiger partial charge < -0.3 is 9.64 Å². The van der Waals surface area contributed by atoms with Crippen molar-refractivity contribution in [1.29, 1.82) is 0 Å². The normalized spacial score (nSPS) is 13.7. The maximum Gasteiger partial charge on any atom is 0.278 e. The van der Waals surface area contributed by atoms with Crippen molar-refractivity contribution in [3.63, 3.8) is 0 Å². The fourth-order valence-corrected chi connectivity index (χ4v) is 3.49. The van der Waals surface area contributed by atoms with E-state index in [1.54, 1.807) is 61.8 Å². The van der Waals surface area contributed by atoms with Gasteiger partial charge in [0.25, 0.3) is 11.8 Å². The highest BCUT2D eigenvalue weighted by atomic mass is 16.5. The van der Waals surface area contributed by atoms with Gasteiger partial charge in [-0.3, -0.25) is 19.5 Å². The molecular formula is C24H21N3O3. The SMILES string of the molecule is COc1ccc(C2=C(N(C)c3ccccc3)C(=O)N(Cc3cccnc3)C2=O)cc1. The molecule has 6 heteroatoms. The quantitative estimate of drug-likeness (QED) is 0.594. The smallest absolute Gasteiger partial charge is 0.278 e. The first-order valence-electron chi connectivity index (χ1n) is 9.52. The Balaban J connectivity index is 1.79. The number of carbonyl (C=O) groups excluding carboxylic acids is 2. The van der Waals surface area contributed by atoms with Gasteiger partial charge in [0, 0.05) is 25.1 Å². The molecular weight excluding hydrogens is 378 g/mol. The molecule has 0 N–H and O–H groups in total. The lowest BCUT2D eigenvalue weighted by atomic mass is 10.0. The number of para-hydroxylation sites is 1. The number of carbonyl (C=O) groups is 2. The van der Waals surface area contributed by atoms with Gasteiger partial charge in [0.05, 0.1) is 19.2 Å². The molecule has 0 radical (unpaired) electrons. The zero-order valence-corrected chi connectivity index (χ0v) is 16.8. The number of benzene rings is 2. The lowest BCUT2D eigenvalue weighted by Crippen LogP contribution is -2.33. The topological polar surface area (TPSA) is 62.7 Å². The molecule has 0 saturated heterocycles. The molecule has 2 amide bonds. The summed E-state index contributed by atoms with van der Waals surface area (Å²) in [5.74, 6) is 0.0223. The van der Waals surface area contributed by atoms with Gasteiger partial charge in [0.2, 0.25) is 0 Å². The van der Waals surface area contributed by atoms with E-state index in [-0.39, 0.29) is 18.4 Å². The first kappa shape index (κ1) is 19.4. The summed E-state index contributed by atoms with van der Waals surface area (Å²) >= 11 is 0. The van der Waals surface area contributed by atoms with Crippen molar-refractivity contribution in [2.24, 2.45) is 0 Å². The number of likely N-dealkylation sites (N-methyl/N-ethyl adjacent to an activating group) is 1. The molecule has 1 aliphatic heterocycles. The van der Waals surface area contributed by atoms with Gasteiger partial charge in [-0.25, -0.2) is 0 Å². The summed E-state index contributed by atoms with van der Waals surface area (Å²) in [7, 11) is 3.38. The average molecular weight is 399 g/mol. The largest absolute Gasteiger partial charge is 0.497 e. The van der Waals surface area contributed by atoms with Crippen molar-refractivity contribution in [3.05, 3.63) is 95.9 Å². The molecule has 0 atom stereocenters. The molecule has 30 heavy (non-hydrogen) atoms. The summed E-state index contributed by atoms with van der Waals surface area (Å²) in [5.41, 5.74) is 3.00. The number of rotatable bonds is 6. The Labute approximate surface area is 175 Å². The van der Waals surface area contributed by atoms with Crippen LogP contribution in [0.1, 0.15) is 11.1 Å². The summed E-state index contributed by atoms with van der Waals surface area (Å²) in [6.07, 6.45) is 3.32. The number of ether oxygens (including phenoxy) is 1. The maximum atomic E-state index is 13.4. The third-order valence-electron chi connectivity index (χ3n) is 5.06. The monoisotopic (exact) mass is 399 g/mol. The van der Waals surface area contributed by atoms with Crippen LogP contribution in [0.5, 0.6) is 5.75 Å².